The average Bonchev–Trinajstić information content (AvgIpc) is 2.95. The molecule has 1 saturated carbocycles. The van der Waals surface area contributed by atoms with Crippen LogP contribution in [0.4, 0.5) is 8.78 Å². The van der Waals surface area contributed by atoms with Crippen LogP contribution in [0.1, 0.15) is 98.9 Å². The molecular weight excluding hydrogens is 506 g/mol. The van der Waals surface area contributed by atoms with E-state index in [4.69, 9.17) is 11.6 Å². The Bertz CT molecular complexity index is 1150. The van der Waals surface area contributed by atoms with E-state index in [0.717, 1.165) is 35.8 Å². The first-order valence-electron chi connectivity index (χ1n) is 15.3. The first-order chi connectivity index (χ1) is 19.0. The van der Waals surface area contributed by atoms with Gasteiger partial charge in [-0.15, -0.1) is 0 Å². The normalized spacial score (nSPS) is 17.4. The topological polar surface area (TPSA) is 0 Å². The highest BCUT2D eigenvalue weighted by Gasteiger charge is 2.21. The smallest absolute Gasteiger partial charge is 0.142 e. The lowest BCUT2D eigenvalue weighted by atomic mass is 9.77. The number of halogens is 3. The van der Waals surface area contributed by atoms with Gasteiger partial charge in [-0.2, -0.15) is 0 Å². The Hall–Kier alpha value is -2.19. The maximum Gasteiger partial charge on any atom is 0.142 e. The van der Waals surface area contributed by atoms with Crippen LogP contribution in [0.3, 0.4) is 0 Å². The number of hydrogen-bond acceptors (Lipinski definition) is 0. The summed E-state index contributed by atoms with van der Waals surface area (Å²) in [6.45, 7) is 2.27. The van der Waals surface area contributed by atoms with Gasteiger partial charge in [0.25, 0.3) is 0 Å². The van der Waals surface area contributed by atoms with Crippen molar-refractivity contribution in [3.8, 4) is 0 Å². The van der Waals surface area contributed by atoms with E-state index in [9.17, 15) is 8.78 Å². The van der Waals surface area contributed by atoms with Gasteiger partial charge in [-0.3, -0.25) is 0 Å². The van der Waals surface area contributed by atoms with Gasteiger partial charge in [-0.1, -0.05) is 106 Å². The van der Waals surface area contributed by atoms with Crippen molar-refractivity contribution in [3.05, 3.63) is 105 Å². The largest absolute Gasteiger partial charge is 0.207 e. The molecule has 3 aromatic carbocycles. The van der Waals surface area contributed by atoms with Gasteiger partial charge in [0, 0.05) is 0 Å². The lowest BCUT2D eigenvalue weighted by molar-refractivity contribution is 0.253. The van der Waals surface area contributed by atoms with Crippen LogP contribution >= 0.6 is 11.6 Å². The minimum atomic E-state index is -0.419. The first kappa shape index (κ1) is 29.8. The Kier molecular flexibility index (Phi) is 11.9. The molecule has 4 rings (SSSR count). The Labute approximate surface area is 240 Å². The van der Waals surface area contributed by atoms with Gasteiger partial charge in [0.2, 0.25) is 0 Å². The minimum absolute atomic E-state index is 0.122. The summed E-state index contributed by atoms with van der Waals surface area (Å²) in [5.74, 6) is 1.05. The lowest BCUT2D eigenvalue weighted by Crippen LogP contribution is -2.16. The van der Waals surface area contributed by atoms with Crippen molar-refractivity contribution in [1.29, 1.82) is 0 Å². The first-order valence-corrected chi connectivity index (χ1v) is 15.7. The molecule has 0 atom stereocenters. The molecule has 1 fully saturated rings. The highest BCUT2D eigenvalue weighted by Crippen LogP contribution is 2.34. The van der Waals surface area contributed by atoms with E-state index in [0.29, 0.717) is 18.4 Å². The van der Waals surface area contributed by atoms with Crippen molar-refractivity contribution in [2.24, 2.45) is 11.8 Å². The van der Waals surface area contributed by atoms with Gasteiger partial charge in [0.1, 0.15) is 11.6 Å². The van der Waals surface area contributed by atoms with Crippen LogP contribution < -0.4 is 0 Å². The SMILES string of the molecule is CCCCCCc1ccc(CC[C@H]2CC[C@H](CCc3ccc(CCc4ccc(Cl)c(F)c4)c(F)c3)CC2)cc1. The van der Waals surface area contributed by atoms with E-state index < -0.39 is 5.82 Å². The molecule has 0 aliphatic heterocycles. The molecule has 1 aliphatic carbocycles. The molecule has 0 spiro atoms. The molecule has 3 heteroatoms. The van der Waals surface area contributed by atoms with Crippen molar-refractivity contribution in [1.82, 2.24) is 0 Å². The van der Waals surface area contributed by atoms with Crippen molar-refractivity contribution in [2.45, 2.75) is 103 Å². The number of aryl methyl sites for hydroxylation is 5. The standard InChI is InChI=1S/C36H45ClF2/c1-2-3-4-5-6-27-7-9-28(10-8-27)11-12-29-13-15-30(16-14-29)17-18-31-19-22-33(35(38)25-31)23-20-32-21-24-34(37)36(39)26-32/h7-10,19,21-22,24-26,29-30H,2-6,11-18,20,23H2,1H3/t29-,30-. The van der Waals surface area contributed by atoms with Gasteiger partial charge in [-0.25, -0.2) is 8.78 Å². The zero-order valence-corrected chi connectivity index (χ0v) is 24.4. The van der Waals surface area contributed by atoms with Crippen molar-refractivity contribution in [2.75, 3.05) is 0 Å². The molecule has 0 N–H and O–H groups in total. The van der Waals surface area contributed by atoms with E-state index >= 15 is 0 Å². The number of hydrogen-bond donors (Lipinski definition) is 0. The van der Waals surface area contributed by atoms with Crippen molar-refractivity contribution >= 4 is 11.6 Å². The summed E-state index contributed by atoms with van der Waals surface area (Å²) in [7, 11) is 0. The third-order valence-electron chi connectivity index (χ3n) is 8.78. The fourth-order valence-electron chi connectivity index (χ4n) is 6.10. The summed E-state index contributed by atoms with van der Waals surface area (Å²) in [5.41, 5.74) is 5.59. The van der Waals surface area contributed by atoms with Gasteiger partial charge < -0.3 is 0 Å². The Morgan fingerprint density at radius 3 is 1.74 bits per heavy atom. The van der Waals surface area contributed by atoms with Gasteiger partial charge >= 0.3 is 0 Å². The van der Waals surface area contributed by atoms with Crippen LogP contribution in [0.5, 0.6) is 0 Å². The molecule has 0 unspecified atom stereocenters. The van der Waals surface area contributed by atoms with Gasteiger partial charge in [0.05, 0.1) is 5.02 Å². The predicted octanol–water partition coefficient (Wildman–Crippen LogP) is 10.9. The summed E-state index contributed by atoms with van der Waals surface area (Å²) in [6.07, 6.45) is 17.5. The monoisotopic (exact) mass is 550 g/mol. The van der Waals surface area contributed by atoms with Crippen molar-refractivity contribution < 1.29 is 8.78 Å². The van der Waals surface area contributed by atoms with Crippen LogP contribution in [0.15, 0.2) is 60.7 Å². The molecule has 39 heavy (non-hydrogen) atoms. The number of unbranched alkanes of at least 4 members (excludes halogenated alkanes) is 3. The second kappa shape index (κ2) is 15.6. The maximum atomic E-state index is 14.7. The molecule has 0 nitrogen and oxygen atoms in total. The van der Waals surface area contributed by atoms with Crippen molar-refractivity contribution in [3.63, 3.8) is 0 Å². The number of benzene rings is 3. The predicted molar refractivity (Wildman–Crippen MR) is 162 cm³/mol. The molecule has 0 bridgehead atoms. The minimum Gasteiger partial charge on any atom is -0.207 e. The molecule has 0 radical (unpaired) electrons. The third kappa shape index (κ3) is 9.75. The molecular formula is C36H45ClF2. The van der Waals surface area contributed by atoms with E-state index in [-0.39, 0.29) is 10.8 Å². The molecule has 210 valence electrons. The van der Waals surface area contributed by atoms with Crippen LogP contribution in [-0.4, -0.2) is 0 Å². The Morgan fingerprint density at radius 1 is 0.590 bits per heavy atom. The highest BCUT2D eigenvalue weighted by molar-refractivity contribution is 6.30. The summed E-state index contributed by atoms with van der Waals surface area (Å²) in [6, 6.07) is 19.9. The highest BCUT2D eigenvalue weighted by atomic mass is 35.5. The zero-order chi connectivity index (χ0) is 27.5. The quantitative estimate of drug-likeness (QED) is 0.175. The summed E-state index contributed by atoms with van der Waals surface area (Å²) in [4.78, 5) is 0. The summed E-state index contributed by atoms with van der Waals surface area (Å²) in [5, 5.41) is 0.122. The zero-order valence-electron chi connectivity index (χ0n) is 23.7. The second-order valence-corrected chi connectivity index (χ2v) is 12.2. The van der Waals surface area contributed by atoms with Gasteiger partial charge in [-0.05, 0) is 109 Å². The second-order valence-electron chi connectivity index (χ2n) is 11.8. The van der Waals surface area contributed by atoms with Crippen LogP contribution in [-0.2, 0) is 32.1 Å². The summed E-state index contributed by atoms with van der Waals surface area (Å²) >= 11 is 5.76. The van der Waals surface area contributed by atoms with E-state index in [1.54, 1.807) is 18.2 Å². The number of rotatable bonds is 14. The van der Waals surface area contributed by atoms with E-state index in [1.807, 2.05) is 6.07 Å². The van der Waals surface area contributed by atoms with E-state index in [2.05, 4.69) is 37.3 Å². The van der Waals surface area contributed by atoms with E-state index in [1.165, 1.54) is 87.8 Å². The molecule has 0 saturated heterocycles. The average molecular weight is 551 g/mol. The van der Waals surface area contributed by atoms with Gasteiger partial charge in [0.15, 0.2) is 0 Å². The molecule has 1 aliphatic rings. The summed E-state index contributed by atoms with van der Waals surface area (Å²) < 4.78 is 28.4. The molecule has 0 amide bonds. The molecule has 0 aromatic heterocycles. The molecule has 0 heterocycles. The Balaban J connectivity index is 1.13. The fraction of sp³-hybridized carbons (Fsp3) is 0.500. The fourth-order valence-corrected chi connectivity index (χ4v) is 6.22. The van der Waals surface area contributed by atoms with Crippen LogP contribution in [0.25, 0.3) is 0 Å². The van der Waals surface area contributed by atoms with Crippen LogP contribution in [0, 0.1) is 23.5 Å². The maximum absolute atomic E-state index is 14.7. The Morgan fingerprint density at radius 2 is 1.13 bits per heavy atom. The lowest BCUT2D eigenvalue weighted by Gasteiger charge is -2.28. The molecule has 3 aromatic rings. The van der Waals surface area contributed by atoms with Crippen LogP contribution in [0.2, 0.25) is 5.02 Å². The third-order valence-corrected chi connectivity index (χ3v) is 9.08.